The molecule has 0 aromatic heterocycles. The Morgan fingerprint density at radius 2 is 1.96 bits per heavy atom. The number of rotatable bonds is 14. The molecule has 1 saturated heterocycles. The molecule has 2 unspecified atom stereocenters. The van der Waals surface area contributed by atoms with Crippen molar-refractivity contribution in [2.24, 2.45) is 11.6 Å². The Labute approximate surface area is 154 Å². The zero-order valence-corrected chi connectivity index (χ0v) is 16.4. The van der Waals surface area contributed by atoms with Crippen LogP contribution in [0.25, 0.3) is 0 Å². The predicted octanol–water partition coefficient (Wildman–Crippen LogP) is 2.46. The minimum absolute atomic E-state index is 0.0104. The van der Waals surface area contributed by atoms with E-state index in [1.807, 2.05) is 6.92 Å². The molecule has 6 atom stereocenters. The summed E-state index contributed by atoms with van der Waals surface area (Å²) in [5.41, 5.74) is 2.38. The normalized spacial score (nSPS) is 31.7. The van der Waals surface area contributed by atoms with Crippen LogP contribution in [0.15, 0.2) is 0 Å². The van der Waals surface area contributed by atoms with E-state index in [0.29, 0.717) is 13.2 Å². The van der Waals surface area contributed by atoms with E-state index < -0.39 is 12.3 Å². The van der Waals surface area contributed by atoms with Gasteiger partial charge in [0.25, 0.3) is 0 Å². The van der Waals surface area contributed by atoms with Gasteiger partial charge in [-0.1, -0.05) is 46.0 Å². The second-order valence-corrected chi connectivity index (χ2v) is 7.09. The van der Waals surface area contributed by atoms with Gasteiger partial charge >= 0.3 is 0 Å². The number of unbranched alkanes of at least 4 members (excludes halogenated alkanes) is 4. The molecule has 1 aliphatic heterocycles. The maximum atomic E-state index is 10.1. The Morgan fingerprint density at radius 1 is 1.20 bits per heavy atom. The molecule has 6 heteroatoms. The number of nitrogens with two attached hydrogens (primary N) is 1. The monoisotopic (exact) mass is 363 g/mol. The van der Waals surface area contributed by atoms with Crippen molar-refractivity contribution < 1.29 is 25.5 Å². The first kappa shape index (κ1) is 21.1. The maximum absolute atomic E-state index is 10.1. The van der Waals surface area contributed by atoms with Crippen LogP contribution in [0.1, 0.15) is 58.8 Å². The topological polar surface area (TPSA) is 83.2 Å². The van der Waals surface area contributed by atoms with Crippen molar-refractivity contribution >= 4 is 0 Å². The van der Waals surface area contributed by atoms with Gasteiger partial charge in [-0.25, -0.2) is 0 Å². The fourth-order valence-electron chi connectivity index (χ4n) is 3.39. The molecule has 0 spiro atoms. The minimum Gasteiger partial charge on any atom is -0.382 e. The van der Waals surface area contributed by atoms with Gasteiger partial charge in [0.2, 0.25) is 0 Å². The third-order valence-electron chi connectivity index (χ3n) is 5.12. The summed E-state index contributed by atoms with van der Waals surface area (Å²) in [4.78, 5) is 0. The van der Waals surface area contributed by atoms with Crippen molar-refractivity contribution in [3.05, 3.63) is 0 Å². The first-order valence-corrected chi connectivity index (χ1v) is 9.73. The molecule has 1 fully saturated rings. The average Bonchev–Trinajstić information content (AvgIpc) is 2.63. The molecular weight excluding hydrogens is 322 g/mol. The van der Waals surface area contributed by atoms with Crippen molar-refractivity contribution in [2.45, 2.75) is 89.4 Å². The van der Waals surface area contributed by atoms with Crippen LogP contribution in [0.3, 0.4) is 0 Å². The standard InChI is InChI=1S/C19H39NO5/c1-5-6-7-8-9-10-15(23-4)11-12-24-18-14(2)16(13-22-3)25-19(21)17(18)20/h14-19,21H,5-13,20H2,1-4H3/t14?,15-,16-,17-,18+,19?/m1/s1/i/hT. The van der Waals surface area contributed by atoms with E-state index in [0.717, 1.165) is 12.8 Å². The molecule has 0 amide bonds. The van der Waals surface area contributed by atoms with E-state index in [-0.39, 0.29) is 24.2 Å². The Hall–Kier alpha value is -0.240. The van der Waals surface area contributed by atoms with Crippen molar-refractivity contribution in [1.29, 1.82) is 0 Å². The van der Waals surface area contributed by atoms with Gasteiger partial charge in [0.1, 0.15) is 1.41 Å². The molecule has 25 heavy (non-hydrogen) atoms. The lowest BCUT2D eigenvalue weighted by atomic mass is 9.89. The first-order chi connectivity index (χ1) is 12.6. The van der Waals surface area contributed by atoms with Crippen molar-refractivity contribution in [3.8, 4) is 0 Å². The van der Waals surface area contributed by atoms with E-state index in [9.17, 15) is 5.11 Å². The summed E-state index contributed by atoms with van der Waals surface area (Å²) in [6, 6.07) is -0.576. The quantitative estimate of drug-likeness (QED) is 0.461. The van der Waals surface area contributed by atoms with E-state index >= 15 is 0 Å². The van der Waals surface area contributed by atoms with Gasteiger partial charge in [-0.15, -0.1) is 0 Å². The first-order valence-electron chi connectivity index (χ1n) is 10.2. The van der Waals surface area contributed by atoms with Gasteiger partial charge < -0.3 is 29.8 Å². The number of aliphatic hydroxyl groups is 1. The van der Waals surface area contributed by atoms with Crippen molar-refractivity contribution in [3.63, 3.8) is 0 Å². The van der Waals surface area contributed by atoms with Gasteiger partial charge in [0, 0.05) is 26.7 Å². The molecule has 0 radical (unpaired) electrons. The van der Waals surface area contributed by atoms with E-state index in [2.05, 4.69) is 12.7 Å². The number of methoxy groups -OCH3 is 2. The van der Waals surface area contributed by atoms with Crippen molar-refractivity contribution in [1.82, 2.24) is 0 Å². The van der Waals surface area contributed by atoms with Crippen LogP contribution < -0.4 is 5.73 Å². The number of aliphatic hydroxyl groups excluding tert-OH is 1. The summed E-state index contributed by atoms with van der Waals surface area (Å²) < 4.78 is 29.9. The predicted molar refractivity (Wildman–Crippen MR) is 98.4 cm³/mol. The molecule has 0 saturated carbocycles. The van der Waals surface area contributed by atoms with Crippen LogP contribution in [0.4, 0.5) is 0 Å². The SMILES string of the molecule is [3H]N[C@H]1C(O)O[C@H](COC)C(C)[C@@H]1OCC[C@@H](CCCCCCC)OC. The Kier molecular flexibility index (Phi) is 11.0. The summed E-state index contributed by atoms with van der Waals surface area (Å²) in [5.74, 6) is 0.0104. The van der Waals surface area contributed by atoms with Crippen LogP contribution in [0, 0.1) is 5.92 Å². The van der Waals surface area contributed by atoms with Crippen LogP contribution in [0.5, 0.6) is 0 Å². The third kappa shape index (κ3) is 7.89. The van der Waals surface area contributed by atoms with Crippen molar-refractivity contribution in [2.75, 3.05) is 27.4 Å². The van der Waals surface area contributed by atoms with Crippen LogP contribution in [-0.2, 0) is 18.9 Å². The average molecular weight is 364 g/mol. The molecule has 0 aromatic rings. The van der Waals surface area contributed by atoms with Gasteiger partial charge in [0.15, 0.2) is 6.29 Å². The Balaban J connectivity index is 2.43. The van der Waals surface area contributed by atoms with E-state index in [1.165, 1.54) is 32.1 Å². The zero-order chi connectivity index (χ0) is 19.4. The lowest BCUT2D eigenvalue weighted by molar-refractivity contribution is -0.240. The van der Waals surface area contributed by atoms with E-state index in [4.69, 9.17) is 20.4 Å². The summed E-state index contributed by atoms with van der Waals surface area (Å²) in [6.45, 7) is 5.15. The highest BCUT2D eigenvalue weighted by Gasteiger charge is 2.42. The highest BCUT2D eigenvalue weighted by molar-refractivity contribution is 4.90. The molecule has 0 bridgehead atoms. The Bertz CT molecular complexity index is 350. The molecule has 3 N–H and O–H groups in total. The number of hydrogen-bond donors (Lipinski definition) is 2. The van der Waals surface area contributed by atoms with Crippen LogP contribution in [-0.4, -0.2) is 63.2 Å². The third-order valence-corrected chi connectivity index (χ3v) is 5.12. The Morgan fingerprint density at radius 3 is 2.60 bits per heavy atom. The van der Waals surface area contributed by atoms with Gasteiger partial charge in [-0.3, -0.25) is 0 Å². The minimum atomic E-state index is -1.08. The fraction of sp³-hybridized carbons (Fsp3) is 1.00. The summed E-state index contributed by atoms with van der Waals surface area (Å²) in [7, 11) is 3.36. The summed E-state index contributed by atoms with van der Waals surface area (Å²) in [5, 5.41) is 10.1. The molecular formula is C19H39NO5. The molecule has 0 aromatic carbocycles. The summed E-state index contributed by atoms with van der Waals surface area (Å²) >= 11 is 0. The number of hydrogen-bond acceptors (Lipinski definition) is 6. The second kappa shape index (κ2) is 13.0. The highest BCUT2D eigenvalue weighted by atomic mass is 16.6. The molecule has 6 nitrogen and oxygen atoms in total. The smallest absolute Gasteiger partial charge is 0.172 e. The van der Waals surface area contributed by atoms with Gasteiger partial charge in [-0.05, 0) is 12.8 Å². The highest BCUT2D eigenvalue weighted by Crippen LogP contribution is 2.27. The lowest BCUT2D eigenvalue weighted by Crippen LogP contribution is -2.59. The van der Waals surface area contributed by atoms with Gasteiger partial charge in [0.05, 0.1) is 31.0 Å². The second-order valence-electron chi connectivity index (χ2n) is 7.09. The molecule has 1 heterocycles. The molecule has 1 aliphatic rings. The van der Waals surface area contributed by atoms with Gasteiger partial charge in [-0.2, -0.15) is 0 Å². The maximum Gasteiger partial charge on any atom is 0.172 e. The fourth-order valence-corrected chi connectivity index (χ4v) is 3.39. The molecule has 150 valence electrons. The zero-order valence-electron chi connectivity index (χ0n) is 17.4. The molecule has 0 aliphatic carbocycles. The van der Waals surface area contributed by atoms with Crippen LogP contribution >= 0.6 is 0 Å². The largest absolute Gasteiger partial charge is 0.382 e. The summed E-state index contributed by atoms with van der Waals surface area (Å²) in [6.07, 6.45) is 6.68. The van der Waals surface area contributed by atoms with E-state index in [1.54, 1.807) is 14.2 Å². The molecule has 1 rings (SSSR count). The number of ether oxygens (including phenoxy) is 4. The van der Waals surface area contributed by atoms with Crippen LogP contribution in [0.2, 0.25) is 1.41 Å². The lowest BCUT2D eigenvalue weighted by Gasteiger charge is -2.42.